The molecule has 0 aromatic heterocycles. The maximum absolute atomic E-state index is 12.6. The number of alkyl halides is 2. The minimum absolute atomic E-state index is 0.357. The molecule has 0 saturated heterocycles. The van der Waals surface area contributed by atoms with E-state index in [1.165, 1.54) is 12.1 Å². The first-order valence-corrected chi connectivity index (χ1v) is 9.17. The van der Waals surface area contributed by atoms with Crippen LogP contribution in [0.3, 0.4) is 0 Å². The summed E-state index contributed by atoms with van der Waals surface area (Å²) in [6, 6.07) is 11.4. The van der Waals surface area contributed by atoms with E-state index in [4.69, 9.17) is 5.73 Å². The summed E-state index contributed by atoms with van der Waals surface area (Å²) >= 11 is 0. The average molecular weight is 352 g/mol. The highest BCUT2D eigenvalue weighted by atomic mass is 32.2. The van der Waals surface area contributed by atoms with Gasteiger partial charge in [0, 0.05) is 24.5 Å². The summed E-state index contributed by atoms with van der Waals surface area (Å²) in [5.74, 6) is -3.40. The summed E-state index contributed by atoms with van der Waals surface area (Å²) in [6.45, 7) is 1.44. The molecule has 128 valence electrons. The second kappa shape index (κ2) is 6.39. The Balaban J connectivity index is 1.83. The van der Waals surface area contributed by atoms with Gasteiger partial charge in [0.25, 0.3) is 0 Å². The smallest absolute Gasteiger partial charge is 0.341 e. The van der Waals surface area contributed by atoms with E-state index >= 15 is 0 Å². The molecular formula is C17H18F2N2O2S. The molecule has 0 bridgehead atoms. The van der Waals surface area contributed by atoms with Crippen LogP contribution < -0.4 is 10.6 Å². The van der Waals surface area contributed by atoms with Gasteiger partial charge in [-0.1, -0.05) is 18.2 Å². The SMILES string of the molecule is Nc1cccc2c1CCCN2Cc1ccc(S(=O)(=O)C(F)F)cc1. The number of sulfone groups is 1. The summed E-state index contributed by atoms with van der Waals surface area (Å²) in [5.41, 5.74) is 9.86. The first-order chi connectivity index (χ1) is 11.4. The molecule has 2 N–H and O–H groups in total. The number of nitrogen functional groups attached to an aromatic ring is 1. The zero-order valence-corrected chi connectivity index (χ0v) is 13.8. The van der Waals surface area contributed by atoms with E-state index < -0.39 is 15.6 Å². The molecule has 0 amide bonds. The fourth-order valence-electron chi connectivity index (χ4n) is 3.00. The predicted molar refractivity (Wildman–Crippen MR) is 89.9 cm³/mol. The molecule has 0 fully saturated rings. The highest BCUT2D eigenvalue weighted by Crippen LogP contribution is 2.32. The number of rotatable bonds is 4. The largest absolute Gasteiger partial charge is 0.398 e. The summed E-state index contributed by atoms with van der Waals surface area (Å²) < 4.78 is 48.1. The van der Waals surface area contributed by atoms with Gasteiger partial charge in [0.05, 0.1) is 4.90 Å². The van der Waals surface area contributed by atoms with Crippen molar-refractivity contribution in [3.8, 4) is 0 Å². The standard InChI is InChI=1S/C17H18F2N2O2S/c18-17(19)24(22,23)13-8-6-12(7-9-13)11-21-10-2-3-14-15(20)4-1-5-16(14)21/h1,4-9,17H,2-3,10-11,20H2. The Morgan fingerprint density at radius 3 is 2.50 bits per heavy atom. The van der Waals surface area contributed by atoms with Gasteiger partial charge in [-0.25, -0.2) is 8.42 Å². The van der Waals surface area contributed by atoms with Crippen molar-refractivity contribution < 1.29 is 17.2 Å². The fraction of sp³-hybridized carbons (Fsp3) is 0.294. The Bertz CT molecular complexity index is 836. The molecule has 1 heterocycles. The van der Waals surface area contributed by atoms with E-state index in [0.29, 0.717) is 6.54 Å². The van der Waals surface area contributed by atoms with E-state index in [-0.39, 0.29) is 4.90 Å². The van der Waals surface area contributed by atoms with Crippen molar-refractivity contribution >= 4 is 21.2 Å². The lowest BCUT2D eigenvalue weighted by atomic mass is 9.99. The van der Waals surface area contributed by atoms with Crippen LogP contribution in [0.4, 0.5) is 20.2 Å². The molecule has 24 heavy (non-hydrogen) atoms. The first-order valence-electron chi connectivity index (χ1n) is 7.63. The van der Waals surface area contributed by atoms with Gasteiger partial charge in [0.1, 0.15) is 0 Å². The van der Waals surface area contributed by atoms with Gasteiger partial charge in [0.2, 0.25) is 9.84 Å². The number of fused-ring (bicyclic) bond motifs is 1. The van der Waals surface area contributed by atoms with Crippen molar-refractivity contribution in [1.29, 1.82) is 0 Å². The molecular weight excluding hydrogens is 334 g/mol. The van der Waals surface area contributed by atoms with E-state index in [1.54, 1.807) is 12.1 Å². The molecule has 1 aliphatic rings. The van der Waals surface area contributed by atoms with E-state index in [2.05, 4.69) is 4.90 Å². The molecule has 0 saturated carbocycles. The normalized spacial score (nSPS) is 14.7. The summed E-state index contributed by atoms with van der Waals surface area (Å²) in [7, 11) is -4.54. The quantitative estimate of drug-likeness (QED) is 0.858. The number of nitrogens with zero attached hydrogens (tertiary/aromatic N) is 1. The van der Waals surface area contributed by atoms with E-state index in [9.17, 15) is 17.2 Å². The number of hydrogen-bond acceptors (Lipinski definition) is 4. The molecule has 3 rings (SSSR count). The third-order valence-corrected chi connectivity index (χ3v) is 5.64. The van der Waals surface area contributed by atoms with Crippen LogP contribution in [0, 0.1) is 0 Å². The number of halogens is 2. The maximum Gasteiger partial charge on any atom is 0.341 e. The van der Waals surface area contributed by atoms with Gasteiger partial charge in [-0.3, -0.25) is 0 Å². The Morgan fingerprint density at radius 1 is 1.12 bits per heavy atom. The zero-order valence-electron chi connectivity index (χ0n) is 13.0. The topological polar surface area (TPSA) is 63.4 Å². The van der Waals surface area contributed by atoms with Crippen LogP contribution in [-0.2, 0) is 22.8 Å². The molecule has 0 radical (unpaired) electrons. The minimum Gasteiger partial charge on any atom is -0.398 e. The number of benzene rings is 2. The highest BCUT2D eigenvalue weighted by Gasteiger charge is 2.26. The second-order valence-corrected chi connectivity index (χ2v) is 7.74. The Morgan fingerprint density at radius 2 is 1.83 bits per heavy atom. The van der Waals surface area contributed by atoms with Crippen LogP contribution in [-0.4, -0.2) is 20.7 Å². The third-order valence-electron chi connectivity index (χ3n) is 4.24. The monoisotopic (exact) mass is 352 g/mol. The van der Waals surface area contributed by atoms with Crippen molar-refractivity contribution in [3.05, 3.63) is 53.6 Å². The Labute approximate surface area is 139 Å². The van der Waals surface area contributed by atoms with Gasteiger partial charge in [0.15, 0.2) is 0 Å². The lowest BCUT2D eigenvalue weighted by Crippen LogP contribution is -2.29. The maximum atomic E-state index is 12.6. The highest BCUT2D eigenvalue weighted by molar-refractivity contribution is 7.91. The molecule has 0 unspecified atom stereocenters. The molecule has 0 aliphatic carbocycles. The van der Waals surface area contributed by atoms with Gasteiger partial charge in [-0.05, 0) is 48.2 Å². The van der Waals surface area contributed by atoms with Crippen LogP contribution in [0.1, 0.15) is 17.5 Å². The number of hydrogen-bond donors (Lipinski definition) is 1. The predicted octanol–water partition coefficient (Wildman–Crippen LogP) is 3.22. The van der Waals surface area contributed by atoms with Crippen LogP contribution in [0.5, 0.6) is 0 Å². The zero-order chi connectivity index (χ0) is 17.3. The third kappa shape index (κ3) is 3.08. The van der Waals surface area contributed by atoms with Crippen molar-refractivity contribution in [2.45, 2.75) is 30.0 Å². The summed E-state index contributed by atoms with van der Waals surface area (Å²) in [4.78, 5) is 1.82. The Kier molecular flexibility index (Phi) is 4.45. The van der Waals surface area contributed by atoms with Gasteiger partial charge in [-0.15, -0.1) is 0 Å². The van der Waals surface area contributed by atoms with E-state index in [0.717, 1.165) is 41.9 Å². The fourth-order valence-corrected chi connectivity index (χ4v) is 3.72. The molecule has 2 aromatic rings. The number of anilines is 2. The van der Waals surface area contributed by atoms with Crippen LogP contribution >= 0.6 is 0 Å². The van der Waals surface area contributed by atoms with E-state index in [1.807, 2.05) is 18.2 Å². The molecule has 4 nitrogen and oxygen atoms in total. The molecule has 7 heteroatoms. The van der Waals surface area contributed by atoms with Crippen LogP contribution in [0.15, 0.2) is 47.4 Å². The lowest BCUT2D eigenvalue weighted by Gasteiger charge is -2.32. The van der Waals surface area contributed by atoms with Crippen LogP contribution in [0.25, 0.3) is 0 Å². The Hall–Kier alpha value is -2.15. The molecule has 0 spiro atoms. The lowest BCUT2D eigenvalue weighted by molar-refractivity contribution is 0.234. The van der Waals surface area contributed by atoms with Gasteiger partial charge < -0.3 is 10.6 Å². The van der Waals surface area contributed by atoms with Crippen molar-refractivity contribution in [2.75, 3.05) is 17.2 Å². The van der Waals surface area contributed by atoms with Crippen molar-refractivity contribution in [3.63, 3.8) is 0 Å². The minimum atomic E-state index is -4.54. The average Bonchev–Trinajstić information content (AvgIpc) is 2.56. The van der Waals surface area contributed by atoms with Gasteiger partial charge >= 0.3 is 5.76 Å². The first kappa shape index (κ1) is 16.7. The van der Waals surface area contributed by atoms with Crippen molar-refractivity contribution in [2.24, 2.45) is 0 Å². The van der Waals surface area contributed by atoms with Gasteiger partial charge in [-0.2, -0.15) is 8.78 Å². The summed E-state index contributed by atoms with van der Waals surface area (Å²) in [6.07, 6.45) is 1.92. The second-order valence-electron chi connectivity index (χ2n) is 5.82. The van der Waals surface area contributed by atoms with Crippen molar-refractivity contribution in [1.82, 2.24) is 0 Å². The molecule has 0 atom stereocenters. The molecule has 1 aliphatic heterocycles. The van der Waals surface area contributed by atoms with Crippen LogP contribution in [0.2, 0.25) is 0 Å². The number of nitrogens with two attached hydrogens (primary N) is 1. The summed E-state index contributed by atoms with van der Waals surface area (Å²) in [5, 5.41) is 0. The molecule has 2 aromatic carbocycles.